The maximum atomic E-state index is 12.8. The first-order valence-electron chi connectivity index (χ1n) is 10.4. The Labute approximate surface area is 201 Å². The number of halogens is 1. The van der Waals surface area contributed by atoms with Gasteiger partial charge in [0, 0.05) is 41.4 Å². The quantitative estimate of drug-likeness (QED) is 0.474. The maximum Gasteiger partial charge on any atom is 0.340 e. The molecule has 2 N–H and O–H groups in total. The number of nitrogens with two attached hydrogens (primary N) is 1. The lowest BCUT2D eigenvalue weighted by atomic mass is 9.82. The molecule has 1 aliphatic heterocycles. The molecule has 6 nitrogen and oxygen atoms in total. The number of benzene rings is 3. The first-order valence-corrected chi connectivity index (χ1v) is 11.2. The van der Waals surface area contributed by atoms with E-state index in [0.29, 0.717) is 18.1 Å². The standard InChI is InChI=1S/C26H25BrN2O4/c1-29(2)18-10-11-19-22(14-18)33-25(28)24(26(30)31-3)23(19)20-13-17(27)9-12-21(20)32-15-16-7-5-4-6-8-16/h4-14,23H,15,28H2,1-3H3. The van der Waals surface area contributed by atoms with Gasteiger partial charge in [-0.25, -0.2) is 4.79 Å². The number of carbonyl (C=O) groups excluding carboxylic acids is 1. The fraction of sp³-hybridized carbons (Fsp3) is 0.192. The van der Waals surface area contributed by atoms with Gasteiger partial charge in [0.25, 0.3) is 0 Å². The van der Waals surface area contributed by atoms with Crippen molar-refractivity contribution in [3.63, 3.8) is 0 Å². The molecule has 0 aromatic heterocycles. The second-order valence-electron chi connectivity index (χ2n) is 7.88. The molecule has 0 spiro atoms. The van der Waals surface area contributed by atoms with Crippen LogP contribution in [0.5, 0.6) is 11.5 Å². The zero-order valence-electron chi connectivity index (χ0n) is 18.7. The highest BCUT2D eigenvalue weighted by molar-refractivity contribution is 9.10. The summed E-state index contributed by atoms with van der Waals surface area (Å²) in [5.41, 5.74) is 10.1. The monoisotopic (exact) mass is 508 g/mol. The highest BCUT2D eigenvalue weighted by Crippen LogP contribution is 2.47. The third-order valence-corrected chi connectivity index (χ3v) is 6.02. The van der Waals surface area contributed by atoms with Crippen LogP contribution in [0.2, 0.25) is 0 Å². The van der Waals surface area contributed by atoms with Crippen LogP contribution in [0.3, 0.4) is 0 Å². The van der Waals surface area contributed by atoms with E-state index in [4.69, 9.17) is 19.9 Å². The summed E-state index contributed by atoms with van der Waals surface area (Å²) >= 11 is 3.56. The lowest BCUT2D eigenvalue weighted by Gasteiger charge is -2.30. The zero-order chi connectivity index (χ0) is 23.5. The van der Waals surface area contributed by atoms with E-state index in [0.717, 1.165) is 26.9 Å². The fourth-order valence-corrected chi connectivity index (χ4v) is 4.24. The molecule has 33 heavy (non-hydrogen) atoms. The number of ether oxygens (including phenoxy) is 3. The van der Waals surface area contributed by atoms with Gasteiger partial charge in [-0.05, 0) is 29.8 Å². The molecule has 3 aromatic rings. The van der Waals surface area contributed by atoms with Crippen LogP contribution in [0.4, 0.5) is 5.69 Å². The molecule has 0 saturated carbocycles. The van der Waals surface area contributed by atoms with E-state index in [1.165, 1.54) is 7.11 Å². The molecule has 3 aromatic carbocycles. The lowest BCUT2D eigenvalue weighted by Crippen LogP contribution is -2.27. The van der Waals surface area contributed by atoms with Gasteiger partial charge in [-0.2, -0.15) is 0 Å². The van der Waals surface area contributed by atoms with Gasteiger partial charge in [-0.3, -0.25) is 0 Å². The average molecular weight is 509 g/mol. The summed E-state index contributed by atoms with van der Waals surface area (Å²) < 4.78 is 18.0. The van der Waals surface area contributed by atoms with E-state index in [9.17, 15) is 4.79 Å². The van der Waals surface area contributed by atoms with Crippen LogP contribution in [0, 0.1) is 0 Å². The van der Waals surface area contributed by atoms with Crippen LogP contribution in [0.1, 0.15) is 22.6 Å². The normalized spacial score (nSPS) is 14.8. The molecule has 1 aliphatic rings. The number of rotatable bonds is 6. The predicted molar refractivity (Wildman–Crippen MR) is 131 cm³/mol. The SMILES string of the molecule is COC(=O)C1=C(N)Oc2cc(N(C)C)ccc2C1c1cc(Br)ccc1OCc1ccccc1. The summed E-state index contributed by atoms with van der Waals surface area (Å²) in [5.74, 6) is 0.176. The second-order valence-corrected chi connectivity index (χ2v) is 8.79. The van der Waals surface area contributed by atoms with Gasteiger partial charge in [0.1, 0.15) is 23.7 Å². The van der Waals surface area contributed by atoms with Crippen LogP contribution < -0.4 is 20.1 Å². The van der Waals surface area contributed by atoms with Gasteiger partial charge < -0.3 is 24.8 Å². The number of nitrogens with zero attached hydrogens (tertiary/aromatic N) is 1. The molecule has 1 heterocycles. The molecule has 1 unspecified atom stereocenters. The number of esters is 1. The summed E-state index contributed by atoms with van der Waals surface area (Å²) in [6.07, 6.45) is 0. The minimum Gasteiger partial charge on any atom is -0.489 e. The van der Waals surface area contributed by atoms with Gasteiger partial charge in [0.15, 0.2) is 0 Å². The maximum absolute atomic E-state index is 12.8. The van der Waals surface area contributed by atoms with Crippen molar-refractivity contribution in [1.82, 2.24) is 0 Å². The number of hydrogen-bond donors (Lipinski definition) is 1. The van der Waals surface area contributed by atoms with Crippen molar-refractivity contribution in [3.8, 4) is 11.5 Å². The van der Waals surface area contributed by atoms with E-state index in [1.54, 1.807) is 0 Å². The second kappa shape index (κ2) is 9.58. The molecular formula is C26H25BrN2O4. The Balaban J connectivity index is 1.84. The topological polar surface area (TPSA) is 74.0 Å². The zero-order valence-corrected chi connectivity index (χ0v) is 20.3. The number of carbonyl (C=O) groups is 1. The molecule has 7 heteroatoms. The number of anilines is 1. The molecular weight excluding hydrogens is 484 g/mol. The molecule has 0 saturated heterocycles. The summed E-state index contributed by atoms with van der Waals surface area (Å²) in [7, 11) is 5.23. The van der Waals surface area contributed by atoms with Crippen molar-refractivity contribution in [3.05, 3.63) is 99.3 Å². The Bertz CT molecular complexity index is 1210. The smallest absolute Gasteiger partial charge is 0.340 e. The minimum atomic E-state index is -0.547. The number of hydrogen-bond acceptors (Lipinski definition) is 6. The molecule has 0 fully saturated rings. The van der Waals surface area contributed by atoms with Crippen molar-refractivity contribution < 1.29 is 19.0 Å². The Kier molecular flexibility index (Phi) is 6.60. The summed E-state index contributed by atoms with van der Waals surface area (Å²) in [6.45, 7) is 0.387. The average Bonchev–Trinajstić information content (AvgIpc) is 2.82. The summed E-state index contributed by atoms with van der Waals surface area (Å²) in [5, 5.41) is 0. The molecule has 0 radical (unpaired) electrons. The van der Waals surface area contributed by atoms with Crippen LogP contribution >= 0.6 is 15.9 Å². The summed E-state index contributed by atoms with van der Waals surface area (Å²) in [6, 6.07) is 21.5. The number of methoxy groups -OCH3 is 1. The van der Waals surface area contributed by atoms with Crippen LogP contribution in [-0.2, 0) is 16.1 Å². The van der Waals surface area contributed by atoms with Gasteiger partial charge in [0.2, 0.25) is 5.88 Å². The largest absolute Gasteiger partial charge is 0.489 e. The van der Waals surface area contributed by atoms with E-state index >= 15 is 0 Å². The van der Waals surface area contributed by atoms with E-state index < -0.39 is 11.9 Å². The van der Waals surface area contributed by atoms with Gasteiger partial charge in [0.05, 0.1) is 13.0 Å². The summed E-state index contributed by atoms with van der Waals surface area (Å²) in [4.78, 5) is 14.8. The fourth-order valence-electron chi connectivity index (χ4n) is 3.86. The van der Waals surface area contributed by atoms with E-state index in [-0.39, 0.29) is 11.5 Å². The van der Waals surface area contributed by atoms with Crippen molar-refractivity contribution in [2.45, 2.75) is 12.5 Å². The predicted octanol–water partition coefficient (Wildman–Crippen LogP) is 4.96. The Morgan fingerprint density at radius 2 is 1.82 bits per heavy atom. The van der Waals surface area contributed by atoms with Crippen molar-refractivity contribution in [2.75, 3.05) is 26.1 Å². The highest BCUT2D eigenvalue weighted by Gasteiger charge is 2.37. The van der Waals surface area contributed by atoms with Gasteiger partial charge in [-0.1, -0.05) is 52.3 Å². The molecule has 0 bridgehead atoms. The molecule has 4 rings (SSSR count). The van der Waals surface area contributed by atoms with Gasteiger partial charge in [-0.15, -0.1) is 0 Å². The van der Waals surface area contributed by atoms with Crippen LogP contribution in [0.15, 0.2) is 82.7 Å². The van der Waals surface area contributed by atoms with Crippen molar-refractivity contribution in [2.24, 2.45) is 5.73 Å². The highest BCUT2D eigenvalue weighted by atomic mass is 79.9. The Morgan fingerprint density at radius 1 is 1.06 bits per heavy atom. The molecule has 1 atom stereocenters. The Hall–Kier alpha value is -3.45. The third kappa shape index (κ3) is 4.68. The molecule has 170 valence electrons. The Morgan fingerprint density at radius 3 is 2.52 bits per heavy atom. The third-order valence-electron chi connectivity index (χ3n) is 5.52. The first kappa shape index (κ1) is 22.7. The van der Waals surface area contributed by atoms with Crippen LogP contribution in [-0.4, -0.2) is 27.2 Å². The van der Waals surface area contributed by atoms with Gasteiger partial charge >= 0.3 is 5.97 Å². The molecule has 0 amide bonds. The minimum absolute atomic E-state index is 0.0178. The van der Waals surface area contributed by atoms with E-state index in [1.807, 2.05) is 85.7 Å². The van der Waals surface area contributed by atoms with E-state index in [2.05, 4.69) is 15.9 Å². The lowest BCUT2D eigenvalue weighted by molar-refractivity contribution is -0.136. The van der Waals surface area contributed by atoms with Crippen LogP contribution in [0.25, 0.3) is 0 Å². The van der Waals surface area contributed by atoms with Crippen molar-refractivity contribution >= 4 is 27.6 Å². The first-order chi connectivity index (χ1) is 15.9. The van der Waals surface area contributed by atoms with Crippen molar-refractivity contribution in [1.29, 1.82) is 0 Å². The molecule has 0 aliphatic carbocycles. The number of fused-ring (bicyclic) bond motifs is 1.